The van der Waals surface area contributed by atoms with E-state index in [1.165, 1.54) is 35.9 Å². The van der Waals surface area contributed by atoms with Crippen molar-refractivity contribution < 1.29 is 0 Å². The maximum Gasteiger partial charge on any atom is 0.0470 e. The van der Waals surface area contributed by atoms with Gasteiger partial charge in [-0.1, -0.05) is 28.9 Å². The van der Waals surface area contributed by atoms with E-state index in [-0.39, 0.29) is 0 Å². The van der Waals surface area contributed by atoms with Crippen LogP contribution in [0.4, 0.5) is 0 Å². The quantitative estimate of drug-likeness (QED) is 0.738. The summed E-state index contributed by atoms with van der Waals surface area (Å²) >= 11 is 3.52. The molecule has 1 aliphatic carbocycles. The average Bonchev–Trinajstić information content (AvgIpc) is 2.54. The van der Waals surface area contributed by atoms with E-state index in [0.717, 1.165) is 10.4 Å². The van der Waals surface area contributed by atoms with E-state index >= 15 is 0 Å². The van der Waals surface area contributed by atoms with Gasteiger partial charge in [0.1, 0.15) is 0 Å². The zero-order valence-electron chi connectivity index (χ0n) is 8.81. The van der Waals surface area contributed by atoms with E-state index in [2.05, 4.69) is 46.0 Å². The van der Waals surface area contributed by atoms with Crippen LogP contribution >= 0.6 is 15.9 Å². The van der Waals surface area contributed by atoms with Crippen LogP contribution in [0.1, 0.15) is 24.6 Å². The molecule has 1 aromatic heterocycles. The molecule has 1 atom stereocenters. The minimum absolute atomic E-state index is 0.833. The second kappa shape index (κ2) is 3.38. The number of aromatic amines is 1. The van der Waals surface area contributed by atoms with Crippen molar-refractivity contribution in [3.05, 3.63) is 33.9 Å². The number of hydrogen-bond acceptors (Lipinski definition) is 0. The Balaban J connectivity index is 2.24. The molecule has 0 radical (unpaired) electrons. The van der Waals surface area contributed by atoms with Gasteiger partial charge in [0.25, 0.3) is 0 Å². The lowest BCUT2D eigenvalue weighted by molar-refractivity contribution is 0.499. The Bertz CT molecular complexity index is 512. The Morgan fingerprint density at radius 2 is 2.27 bits per heavy atom. The molecule has 1 nitrogen and oxygen atoms in total. The highest BCUT2D eigenvalue weighted by Crippen LogP contribution is 2.32. The summed E-state index contributed by atoms with van der Waals surface area (Å²) in [6.07, 6.45) is 3.76. The number of halogens is 1. The lowest BCUT2D eigenvalue weighted by atomic mass is 9.88. The van der Waals surface area contributed by atoms with Gasteiger partial charge in [-0.2, -0.15) is 0 Å². The SMILES string of the molecule is CC1CCc2[nH]c3cc(Br)ccc3c2C1. The second-order valence-corrected chi connectivity index (χ2v) is 5.54. The molecule has 2 heteroatoms. The van der Waals surface area contributed by atoms with Gasteiger partial charge in [0.05, 0.1) is 0 Å². The van der Waals surface area contributed by atoms with Crippen molar-refractivity contribution in [2.45, 2.75) is 26.2 Å². The number of H-pyrrole nitrogens is 1. The van der Waals surface area contributed by atoms with E-state index in [0.29, 0.717) is 0 Å². The van der Waals surface area contributed by atoms with Crippen LogP contribution in [0, 0.1) is 5.92 Å². The first-order chi connectivity index (χ1) is 7.24. The molecule has 1 aliphatic rings. The lowest BCUT2D eigenvalue weighted by Gasteiger charge is -2.17. The summed E-state index contributed by atoms with van der Waals surface area (Å²) in [5.74, 6) is 0.833. The fourth-order valence-corrected chi connectivity index (χ4v) is 2.93. The van der Waals surface area contributed by atoms with Crippen molar-refractivity contribution in [3.63, 3.8) is 0 Å². The first kappa shape index (κ1) is 9.46. The number of rotatable bonds is 0. The van der Waals surface area contributed by atoms with Crippen LogP contribution < -0.4 is 0 Å². The maximum absolute atomic E-state index is 3.55. The molecular formula is C13H14BrN. The molecule has 15 heavy (non-hydrogen) atoms. The molecule has 0 saturated carbocycles. The molecular weight excluding hydrogens is 250 g/mol. The molecule has 0 fully saturated rings. The van der Waals surface area contributed by atoms with E-state index in [1.807, 2.05) is 0 Å². The van der Waals surface area contributed by atoms with Crippen LogP contribution in [0.25, 0.3) is 10.9 Å². The van der Waals surface area contributed by atoms with Crippen LogP contribution in [0.5, 0.6) is 0 Å². The smallest absolute Gasteiger partial charge is 0.0470 e. The normalized spacial score (nSPS) is 20.5. The van der Waals surface area contributed by atoms with Gasteiger partial charge in [-0.25, -0.2) is 0 Å². The fourth-order valence-electron chi connectivity index (χ4n) is 2.57. The number of hydrogen-bond donors (Lipinski definition) is 1. The third kappa shape index (κ3) is 1.51. The molecule has 0 saturated heterocycles. The van der Waals surface area contributed by atoms with E-state index in [4.69, 9.17) is 0 Å². The third-order valence-corrected chi connectivity index (χ3v) is 3.89. The topological polar surface area (TPSA) is 15.8 Å². The van der Waals surface area contributed by atoms with Crippen LogP contribution in [0.3, 0.4) is 0 Å². The van der Waals surface area contributed by atoms with Crippen LogP contribution in [-0.4, -0.2) is 4.98 Å². The van der Waals surface area contributed by atoms with Gasteiger partial charge in [0.2, 0.25) is 0 Å². The molecule has 0 aliphatic heterocycles. The van der Waals surface area contributed by atoms with Crippen molar-refractivity contribution in [1.29, 1.82) is 0 Å². The number of aryl methyl sites for hydroxylation is 1. The molecule has 0 amide bonds. The Labute approximate surface area is 98.0 Å². The predicted molar refractivity (Wildman–Crippen MR) is 67.2 cm³/mol. The minimum atomic E-state index is 0.833. The predicted octanol–water partition coefficient (Wildman–Crippen LogP) is 4.06. The molecule has 1 unspecified atom stereocenters. The second-order valence-electron chi connectivity index (χ2n) is 4.62. The van der Waals surface area contributed by atoms with Crippen molar-refractivity contribution in [3.8, 4) is 0 Å². The number of aromatic nitrogens is 1. The molecule has 1 heterocycles. The van der Waals surface area contributed by atoms with Crippen LogP contribution in [-0.2, 0) is 12.8 Å². The Morgan fingerprint density at radius 3 is 3.13 bits per heavy atom. The van der Waals surface area contributed by atoms with Gasteiger partial charge in [-0.05, 0) is 42.9 Å². The Hall–Kier alpha value is -0.760. The monoisotopic (exact) mass is 263 g/mol. The number of fused-ring (bicyclic) bond motifs is 3. The summed E-state index contributed by atoms with van der Waals surface area (Å²) < 4.78 is 1.15. The Morgan fingerprint density at radius 1 is 1.40 bits per heavy atom. The minimum Gasteiger partial charge on any atom is -0.358 e. The highest BCUT2D eigenvalue weighted by atomic mass is 79.9. The van der Waals surface area contributed by atoms with E-state index in [9.17, 15) is 0 Å². The van der Waals surface area contributed by atoms with Crippen molar-refractivity contribution >= 4 is 26.8 Å². The summed E-state index contributed by atoms with van der Waals surface area (Å²) in [5.41, 5.74) is 4.29. The molecule has 0 spiro atoms. The van der Waals surface area contributed by atoms with Gasteiger partial charge < -0.3 is 4.98 Å². The summed E-state index contributed by atoms with van der Waals surface area (Å²) in [4.78, 5) is 3.55. The van der Waals surface area contributed by atoms with Gasteiger partial charge in [0, 0.05) is 21.1 Å². The van der Waals surface area contributed by atoms with Gasteiger partial charge in [0.15, 0.2) is 0 Å². The molecule has 1 aromatic carbocycles. The summed E-state index contributed by atoms with van der Waals surface area (Å²) in [7, 11) is 0. The van der Waals surface area contributed by atoms with Gasteiger partial charge >= 0.3 is 0 Å². The lowest BCUT2D eigenvalue weighted by Crippen LogP contribution is -2.09. The molecule has 1 N–H and O–H groups in total. The van der Waals surface area contributed by atoms with Crippen LogP contribution in [0.2, 0.25) is 0 Å². The third-order valence-electron chi connectivity index (χ3n) is 3.40. The largest absolute Gasteiger partial charge is 0.358 e. The molecule has 78 valence electrons. The van der Waals surface area contributed by atoms with Crippen molar-refractivity contribution in [2.75, 3.05) is 0 Å². The van der Waals surface area contributed by atoms with Crippen molar-refractivity contribution in [2.24, 2.45) is 5.92 Å². The highest BCUT2D eigenvalue weighted by Gasteiger charge is 2.19. The summed E-state index contributed by atoms with van der Waals surface area (Å²) in [6.45, 7) is 2.35. The van der Waals surface area contributed by atoms with Gasteiger partial charge in [-0.3, -0.25) is 0 Å². The zero-order valence-corrected chi connectivity index (χ0v) is 10.4. The highest BCUT2D eigenvalue weighted by molar-refractivity contribution is 9.10. The summed E-state index contributed by atoms with van der Waals surface area (Å²) in [5, 5.41) is 1.42. The molecule has 0 bridgehead atoms. The summed E-state index contributed by atoms with van der Waals surface area (Å²) in [6, 6.07) is 6.54. The van der Waals surface area contributed by atoms with Crippen LogP contribution in [0.15, 0.2) is 22.7 Å². The first-order valence-corrected chi connectivity index (χ1v) is 6.32. The first-order valence-electron chi connectivity index (χ1n) is 5.53. The van der Waals surface area contributed by atoms with Crippen molar-refractivity contribution in [1.82, 2.24) is 4.98 Å². The van der Waals surface area contributed by atoms with E-state index in [1.54, 1.807) is 5.56 Å². The molecule has 3 rings (SSSR count). The van der Waals surface area contributed by atoms with E-state index < -0.39 is 0 Å². The maximum atomic E-state index is 3.55. The molecule has 2 aromatic rings. The fraction of sp³-hybridized carbons (Fsp3) is 0.385. The standard InChI is InChI=1S/C13H14BrN/c1-8-2-5-12-11(6-8)10-4-3-9(14)7-13(10)15-12/h3-4,7-8,15H,2,5-6H2,1H3. The number of benzene rings is 1. The van der Waals surface area contributed by atoms with Gasteiger partial charge in [-0.15, -0.1) is 0 Å². The Kier molecular flexibility index (Phi) is 2.13. The zero-order chi connectivity index (χ0) is 10.4. The average molecular weight is 264 g/mol. The number of nitrogens with one attached hydrogen (secondary N) is 1.